The Morgan fingerprint density at radius 2 is 1.60 bits per heavy atom. The van der Waals surface area contributed by atoms with E-state index in [-0.39, 0.29) is 6.04 Å². The zero-order valence-electron chi connectivity index (χ0n) is 10.4. The van der Waals surface area contributed by atoms with Gasteiger partial charge in [-0.05, 0) is 49.3 Å². The van der Waals surface area contributed by atoms with Gasteiger partial charge in [0.2, 0.25) is 0 Å². The molecule has 2 N–H and O–H groups in total. The highest BCUT2D eigenvalue weighted by atomic mass is 14.6. The molecule has 0 aliphatic carbocycles. The van der Waals surface area contributed by atoms with E-state index in [1.165, 1.54) is 23.1 Å². The van der Waals surface area contributed by atoms with E-state index >= 15 is 0 Å². The third kappa shape index (κ3) is 3.35. The van der Waals surface area contributed by atoms with E-state index in [2.05, 4.69) is 45.9 Å². The second-order valence-electron chi connectivity index (χ2n) is 4.88. The quantitative estimate of drug-likeness (QED) is 0.796. The summed E-state index contributed by atoms with van der Waals surface area (Å²) in [7, 11) is 0. The predicted octanol–water partition coefficient (Wildman–Crippen LogP) is 3.74. The molecule has 0 aliphatic rings. The van der Waals surface area contributed by atoms with Gasteiger partial charge in [0.05, 0.1) is 0 Å². The average molecular weight is 205 g/mol. The maximum Gasteiger partial charge on any atom is 0.0300 e. The van der Waals surface area contributed by atoms with Gasteiger partial charge in [-0.3, -0.25) is 0 Å². The van der Waals surface area contributed by atoms with Gasteiger partial charge in [-0.2, -0.15) is 0 Å². The third-order valence-corrected chi connectivity index (χ3v) is 2.97. The molecule has 0 fully saturated rings. The molecule has 0 saturated carbocycles. The Kier molecular flexibility index (Phi) is 4.34. The molecule has 1 aromatic rings. The van der Waals surface area contributed by atoms with E-state index in [1.54, 1.807) is 0 Å². The van der Waals surface area contributed by atoms with Crippen molar-refractivity contribution in [2.75, 3.05) is 0 Å². The van der Waals surface area contributed by atoms with Gasteiger partial charge in [-0.1, -0.05) is 32.0 Å². The van der Waals surface area contributed by atoms with Crippen LogP contribution >= 0.6 is 0 Å². The molecule has 1 heteroatoms. The minimum atomic E-state index is 0.202. The molecule has 0 saturated heterocycles. The molecule has 0 amide bonds. The summed E-state index contributed by atoms with van der Waals surface area (Å²) in [6.45, 7) is 8.80. The summed E-state index contributed by atoms with van der Waals surface area (Å²) < 4.78 is 0. The number of hydrogen-bond donors (Lipinski definition) is 1. The van der Waals surface area contributed by atoms with E-state index < -0.39 is 0 Å². The number of hydrogen-bond acceptors (Lipinski definition) is 1. The largest absolute Gasteiger partial charge is 0.324 e. The van der Waals surface area contributed by atoms with Crippen molar-refractivity contribution in [3.63, 3.8) is 0 Å². The molecule has 0 heterocycles. The summed E-state index contributed by atoms with van der Waals surface area (Å²) in [4.78, 5) is 0. The molecule has 1 aromatic carbocycles. The fourth-order valence-corrected chi connectivity index (χ4v) is 2.07. The molecule has 84 valence electrons. The van der Waals surface area contributed by atoms with Crippen molar-refractivity contribution in [1.29, 1.82) is 0 Å². The summed E-state index contributed by atoms with van der Waals surface area (Å²) in [6, 6.07) is 6.60. The van der Waals surface area contributed by atoms with Gasteiger partial charge < -0.3 is 5.73 Å². The van der Waals surface area contributed by atoms with Gasteiger partial charge in [0.1, 0.15) is 0 Å². The molecule has 1 nitrogen and oxygen atoms in total. The molecule has 0 bridgehead atoms. The first-order valence-electron chi connectivity index (χ1n) is 5.84. The lowest BCUT2D eigenvalue weighted by Gasteiger charge is -2.18. The molecule has 0 aromatic heterocycles. The Balaban J connectivity index is 2.77. The van der Waals surface area contributed by atoms with Gasteiger partial charge in [0.15, 0.2) is 0 Å². The lowest BCUT2D eigenvalue weighted by Crippen LogP contribution is -2.14. The normalized spacial score (nSPS) is 13.2. The maximum absolute atomic E-state index is 6.24. The lowest BCUT2D eigenvalue weighted by molar-refractivity contribution is 0.505. The van der Waals surface area contributed by atoms with E-state index in [0.29, 0.717) is 0 Å². The summed E-state index contributed by atoms with van der Waals surface area (Å²) in [6.07, 6.45) is 2.29. The first kappa shape index (κ1) is 12.3. The minimum absolute atomic E-state index is 0.202. The van der Waals surface area contributed by atoms with Crippen LogP contribution in [0.5, 0.6) is 0 Å². The van der Waals surface area contributed by atoms with Gasteiger partial charge in [0, 0.05) is 6.04 Å². The van der Waals surface area contributed by atoms with Crippen LogP contribution in [0.3, 0.4) is 0 Å². The monoisotopic (exact) mass is 205 g/mol. The molecule has 15 heavy (non-hydrogen) atoms. The van der Waals surface area contributed by atoms with Crippen LogP contribution < -0.4 is 5.73 Å². The zero-order chi connectivity index (χ0) is 11.4. The van der Waals surface area contributed by atoms with Crippen molar-refractivity contribution >= 4 is 0 Å². The van der Waals surface area contributed by atoms with E-state index in [9.17, 15) is 0 Å². The molecular formula is C14H23N. The summed E-state index contributed by atoms with van der Waals surface area (Å²) in [5.41, 5.74) is 10.2. The smallest absolute Gasteiger partial charge is 0.0300 e. The van der Waals surface area contributed by atoms with Crippen LogP contribution in [0.1, 0.15) is 49.4 Å². The van der Waals surface area contributed by atoms with Crippen LogP contribution in [0.15, 0.2) is 18.2 Å². The third-order valence-electron chi connectivity index (χ3n) is 2.97. The highest BCUT2D eigenvalue weighted by Gasteiger charge is 2.11. The average Bonchev–Trinajstić information content (AvgIpc) is 2.14. The van der Waals surface area contributed by atoms with Crippen molar-refractivity contribution in [1.82, 2.24) is 0 Å². The Hall–Kier alpha value is -0.820. The molecule has 1 rings (SSSR count). The number of nitrogens with two attached hydrogens (primary N) is 1. The maximum atomic E-state index is 6.24. The van der Waals surface area contributed by atoms with Crippen molar-refractivity contribution in [3.8, 4) is 0 Å². The minimum Gasteiger partial charge on any atom is -0.324 e. The van der Waals surface area contributed by atoms with Crippen molar-refractivity contribution in [2.45, 2.75) is 46.6 Å². The van der Waals surface area contributed by atoms with Crippen molar-refractivity contribution in [2.24, 2.45) is 11.7 Å². The zero-order valence-corrected chi connectivity index (χ0v) is 10.4. The molecule has 0 radical (unpaired) electrons. The van der Waals surface area contributed by atoms with Gasteiger partial charge >= 0.3 is 0 Å². The molecule has 1 unspecified atom stereocenters. The van der Waals surface area contributed by atoms with Crippen LogP contribution in [-0.4, -0.2) is 0 Å². The Morgan fingerprint density at radius 1 is 1.07 bits per heavy atom. The first-order valence-corrected chi connectivity index (χ1v) is 5.84. The first-order chi connectivity index (χ1) is 7.02. The summed E-state index contributed by atoms with van der Waals surface area (Å²) in [5.74, 6) is 0.736. The summed E-state index contributed by atoms with van der Waals surface area (Å²) in [5, 5.41) is 0. The predicted molar refractivity (Wildman–Crippen MR) is 66.9 cm³/mol. The van der Waals surface area contributed by atoms with Crippen LogP contribution in [0, 0.1) is 19.8 Å². The van der Waals surface area contributed by atoms with Crippen LogP contribution in [0.25, 0.3) is 0 Å². The van der Waals surface area contributed by atoms with Crippen molar-refractivity contribution in [3.05, 3.63) is 34.9 Å². The Bertz CT molecular complexity index is 295. The lowest BCUT2D eigenvalue weighted by atomic mass is 9.92. The highest BCUT2D eigenvalue weighted by molar-refractivity contribution is 5.35. The molecule has 1 atom stereocenters. The highest BCUT2D eigenvalue weighted by Crippen LogP contribution is 2.24. The SMILES string of the molecule is Cc1cccc(C)c1C(N)CCC(C)C. The van der Waals surface area contributed by atoms with Gasteiger partial charge in [-0.25, -0.2) is 0 Å². The van der Waals surface area contributed by atoms with Crippen molar-refractivity contribution < 1.29 is 0 Å². The van der Waals surface area contributed by atoms with Crippen LogP contribution in [0.4, 0.5) is 0 Å². The molecular weight excluding hydrogens is 182 g/mol. The second kappa shape index (κ2) is 5.32. The molecule has 0 aliphatic heterocycles. The number of benzene rings is 1. The summed E-state index contributed by atoms with van der Waals surface area (Å²) >= 11 is 0. The van der Waals surface area contributed by atoms with E-state index in [4.69, 9.17) is 5.73 Å². The van der Waals surface area contributed by atoms with E-state index in [1.807, 2.05) is 0 Å². The van der Waals surface area contributed by atoms with Gasteiger partial charge in [-0.15, -0.1) is 0 Å². The number of aryl methyl sites for hydroxylation is 2. The Morgan fingerprint density at radius 3 is 2.07 bits per heavy atom. The van der Waals surface area contributed by atoms with Crippen LogP contribution in [-0.2, 0) is 0 Å². The second-order valence-corrected chi connectivity index (χ2v) is 4.88. The van der Waals surface area contributed by atoms with Gasteiger partial charge in [0.25, 0.3) is 0 Å². The van der Waals surface area contributed by atoms with E-state index in [0.717, 1.165) is 12.3 Å². The Labute approximate surface area is 93.7 Å². The topological polar surface area (TPSA) is 26.0 Å². The number of rotatable bonds is 4. The van der Waals surface area contributed by atoms with Crippen LogP contribution in [0.2, 0.25) is 0 Å². The molecule has 0 spiro atoms. The fourth-order valence-electron chi connectivity index (χ4n) is 2.07. The standard InChI is InChI=1S/C14H23N/c1-10(2)8-9-13(15)14-11(3)6-5-7-12(14)4/h5-7,10,13H,8-9,15H2,1-4H3. The fraction of sp³-hybridized carbons (Fsp3) is 0.571.